The van der Waals surface area contributed by atoms with Crippen LogP contribution in [-0.2, 0) is 0 Å². The van der Waals surface area contributed by atoms with Gasteiger partial charge >= 0.3 is 0 Å². The van der Waals surface area contributed by atoms with Crippen LogP contribution in [0.25, 0.3) is 0 Å². The van der Waals surface area contributed by atoms with Crippen molar-refractivity contribution in [3.8, 4) is 0 Å². The standard InChI is InChI=1S/C17H21ClN4/c1-2-15-8-3-4-9-22(15)17-11-16(19-12-20-17)21-14-7-5-6-13(18)10-14/h5-7,10-12,15H,2-4,8-9H2,1H3,(H,19,20,21). The van der Waals surface area contributed by atoms with Crippen LogP contribution in [0.2, 0.25) is 5.02 Å². The molecule has 1 saturated heterocycles. The SMILES string of the molecule is CCC1CCCCN1c1cc(Nc2cccc(Cl)c2)ncn1. The summed E-state index contributed by atoms with van der Waals surface area (Å²) in [5.41, 5.74) is 0.933. The van der Waals surface area contributed by atoms with E-state index < -0.39 is 0 Å². The van der Waals surface area contributed by atoms with Crippen LogP contribution in [0.5, 0.6) is 0 Å². The number of nitrogens with zero attached hydrogens (tertiary/aromatic N) is 3. The molecule has 1 fully saturated rings. The highest BCUT2D eigenvalue weighted by Gasteiger charge is 2.22. The van der Waals surface area contributed by atoms with Crippen LogP contribution in [0.3, 0.4) is 0 Å². The van der Waals surface area contributed by atoms with Crippen LogP contribution in [0.4, 0.5) is 17.3 Å². The second kappa shape index (κ2) is 6.97. The van der Waals surface area contributed by atoms with Crippen LogP contribution in [-0.4, -0.2) is 22.6 Å². The Kier molecular flexibility index (Phi) is 4.78. The Balaban J connectivity index is 1.80. The molecule has 1 atom stereocenters. The fourth-order valence-electron chi connectivity index (χ4n) is 3.01. The smallest absolute Gasteiger partial charge is 0.135 e. The van der Waals surface area contributed by atoms with Crippen LogP contribution in [0.1, 0.15) is 32.6 Å². The van der Waals surface area contributed by atoms with Crippen molar-refractivity contribution in [1.29, 1.82) is 0 Å². The lowest BCUT2D eigenvalue weighted by Crippen LogP contribution is -2.39. The van der Waals surface area contributed by atoms with Crippen molar-refractivity contribution in [3.63, 3.8) is 0 Å². The molecule has 1 aromatic heterocycles. The third kappa shape index (κ3) is 3.50. The number of halogens is 1. The van der Waals surface area contributed by atoms with Crippen molar-refractivity contribution in [3.05, 3.63) is 41.7 Å². The molecule has 3 rings (SSSR count). The quantitative estimate of drug-likeness (QED) is 0.892. The molecule has 0 spiro atoms. The third-order valence-electron chi connectivity index (χ3n) is 4.14. The second-order valence-electron chi connectivity index (χ2n) is 5.65. The Morgan fingerprint density at radius 3 is 3.00 bits per heavy atom. The fourth-order valence-corrected chi connectivity index (χ4v) is 3.20. The van der Waals surface area contributed by atoms with Crippen molar-refractivity contribution in [2.75, 3.05) is 16.8 Å². The topological polar surface area (TPSA) is 41.0 Å². The van der Waals surface area contributed by atoms with Crippen molar-refractivity contribution in [1.82, 2.24) is 9.97 Å². The number of benzene rings is 1. The van der Waals surface area contributed by atoms with E-state index >= 15 is 0 Å². The Hall–Kier alpha value is -1.81. The minimum atomic E-state index is 0.586. The predicted molar refractivity (Wildman–Crippen MR) is 92.0 cm³/mol. The lowest BCUT2D eigenvalue weighted by molar-refractivity contribution is 0.446. The molecular weight excluding hydrogens is 296 g/mol. The monoisotopic (exact) mass is 316 g/mol. The van der Waals surface area contributed by atoms with Gasteiger partial charge in [-0.1, -0.05) is 24.6 Å². The summed E-state index contributed by atoms with van der Waals surface area (Å²) in [5, 5.41) is 4.00. The third-order valence-corrected chi connectivity index (χ3v) is 4.38. The van der Waals surface area contributed by atoms with E-state index in [2.05, 4.69) is 27.1 Å². The summed E-state index contributed by atoms with van der Waals surface area (Å²) in [6.07, 6.45) is 6.58. The zero-order valence-electron chi connectivity index (χ0n) is 12.8. The van der Waals surface area contributed by atoms with E-state index in [0.29, 0.717) is 11.1 Å². The van der Waals surface area contributed by atoms with Gasteiger partial charge in [0.2, 0.25) is 0 Å². The van der Waals surface area contributed by atoms with Crippen LogP contribution < -0.4 is 10.2 Å². The number of hydrogen-bond donors (Lipinski definition) is 1. The maximum absolute atomic E-state index is 6.02. The van der Waals surface area contributed by atoms with Gasteiger partial charge in [-0.3, -0.25) is 0 Å². The van der Waals surface area contributed by atoms with Gasteiger partial charge in [0.15, 0.2) is 0 Å². The van der Waals surface area contributed by atoms with Crippen molar-refractivity contribution < 1.29 is 0 Å². The van der Waals surface area contributed by atoms with Gasteiger partial charge in [-0.05, 0) is 43.9 Å². The summed E-state index contributed by atoms with van der Waals surface area (Å²) >= 11 is 6.02. The average molecular weight is 317 g/mol. The van der Waals surface area contributed by atoms with E-state index in [1.165, 1.54) is 19.3 Å². The number of nitrogens with one attached hydrogen (secondary N) is 1. The zero-order valence-corrected chi connectivity index (χ0v) is 13.6. The summed E-state index contributed by atoms with van der Waals surface area (Å²) in [7, 11) is 0. The van der Waals surface area contributed by atoms with Crippen LogP contribution in [0, 0.1) is 0 Å². The lowest BCUT2D eigenvalue weighted by atomic mass is 10.0. The van der Waals surface area contributed by atoms with Gasteiger partial charge in [0.1, 0.15) is 18.0 Å². The molecule has 2 heterocycles. The molecule has 1 aliphatic rings. The fraction of sp³-hybridized carbons (Fsp3) is 0.412. The van der Waals surface area contributed by atoms with E-state index in [-0.39, 0.29) is 0 Å². The van der Waals surface area contributed by atoms with Crippen molar-refractivity contribution >= 4 is 28.9 Å². The normalized spacial score (nSPS) is 18.3. The molecule has 0 aliphatic carbocycles. The molecule has 0 amide bonds. The summed E-state index contributed by atoms with van der Waals surface area (Å²) in [5.74, 6) is 1.80. The molecule has 0 saturated carbocycles. The summed E-state index contributed by atoms with van der Waals surface area (Å²) in [4.78, 5) is 11.2. The molecule has 1 aliphatic heterocycles. The van der Waals surface area contributed by atoms with E-state index in [1.54, 1.807) is 6.33 Å². The Bertz CT molecular complexity index is 632. The van der Waals surface area contributed by atoms with Gasteiger partial charge in [0.25, 0.3) is 0 Å². The molecule has 1 aromatic carbocycles. The number of piperidine rings is 1. The van der Waals surface area contributed by atoms with Crippen LogP contribution in [0.15, 0.2) is 36.7 Å². The largest absolute Gasteiger partial charge is 0.353 e. The van der Waals surface area contributed by atoms with Gasteiger partial charge < -0.3 is 10.2 Å². The number of rotatable bonds is 4. The number of aromatic nitrogens is 2. The predicted octanol–water partition coefficient (Wildman–Crippen LogP) is 4.64. The summed E-state index contributed by atoms with van der Waals surface area (Å²) in [6.45, 7) is 3.32. The minimum absolute atomic E-state index is 0.586. The highest BCUT2D eigenvalue weighted by atomic mass is 35.5. The van der Waals surface area contributed by atoms with Gasteiger partial charge in [0.05, 0.1) is 0 Å². The first-order valence-corrected chi connectivity index (χ1v) is 8.25. The summed E-state index contributed by atoms with van der Waals surface area (Å²) in [6, 6.07) is 10.3. The maximum Gasteiger partial charge on any atom is 0.135 e. The molecule has 2 aromatic rings. The van der Waals surface area contributed by atoms with E-state index in [4.69, 9.17) is 11.6 Å². The Morgan fingerprint density at radius 1 is 1.27 bits per heavy atom. The first-order valence-electron chi connectivity index (χ1n) is 7.87. The van der Waals surface area contributed by atoms with Gasteiger partial charge in [-0.2, -0.15) is 0 Å². The number of hydrogen-bond acceptors (Lipinski definition) is 4. The Labute approximate surface area is 136 Å². The maximum atomic E-state index is 6.02. The molecule has 1 unspecified atom stereocenters. The lowest BCUT2D eigenvalue weighted by Gasteiger charge is -2.36. The molecule has 22 heavy (non-hydrogen) atoms. The molecular formula is C17H21ClN4. The van der Waals surface area contributed by atoms with Crippen molar-refractivity contribution in [2.45, 2.75) is 38.6 Å². The molecule has 5 heteroatoms. The van der Waals surface area contributed by atoms with E-state index in [0.717, 1.165) is 30.3 Å². The average Bonchev–Trinajstić information content (AvgIpc) is 2.55. The molecule has 0 bridgehead atoms. The molecule has 116 valence electrons. The van der Waals surface area contributed by atoms with Crippen LogP contribution >= 0.6 is 11.6 Å². The second-order valence-corrected chi connectivity index (χ2v) is 6.08. The van der Waals surface area contributed by atoms with E-state index in [1.807, 2.05) is 30.3 Å². The van der Waals surface area contributed by atoms with E-state index in [9.17, 15) is 0 Å². The van der Waals surface area contributed by atoms with Gasteiger partial charge in [0, 0.05) is 29.4 Å². The highest BCUT2D eigenvalue weighted by molar-refractivity contribution is 6.30. The zero-order chi connectivity index (χ0) is 15.4. The van der Waals surface area contributed by atoms with Gasteiger partial charge in [-0.15, -0.1) is 0 Å². The first kappa shape index (κ1) is 15.1. The number of anilines is 3. The summed E-state index contributed by atoms with van der Waals surface area (Å²) < 4.78 is 0. The Morgan fingerprint density at radius 2 is 2.18 bits per heavy atom. The van der Waals surface area contributed by atoms with Crippen molar-refractivity contribution in [2.24, 2.45) is 0 Å². The molecule has 0 radical (unpaired) electrons. The molecule has 1 N–H and O–H groups in total. The minimum Gasteiger partial charge on any atom is -0.353 e. The molecule has 4 nitrogen and oxygen atoms in total. The highest BCUT2D eigenvalue weighted by Crippen LogP contribution is 2.27. The first-order chi connectivity index (χ1) is 10.8. The van der Waals surface area contributed by atoms with Gasteiger partial charge in [-0.25, -0.2) is 9.97 Å².